The highest BCUT2D eigenvalue weighted by atomic mass is 32.2. The zero-order valence-electron chi connectivity index (χ0n) is 9.04. The smallest absolute Gasteiger partial charge is 0.259 e. The molecule has 94 valence electrons. The third-order valence-electron chi connectivity index (χ3n) is 1.73. The van der Waals surface area contributed by atoms with Gasteiger partial charge in [-0.1, -0.05) is 0 Å². The van der Waals surface area contributed by atoms with Gasteiger partial charge in [-0.3, -0.25) is 0 Å². The Balaban J connectivity index is 2.48. The molecule has 0 atom stereocenters. The predicted molar refractivity (Wildman–Crippen MR) is 65.9 cm³/mol. The largest absolute Gasteiger partial charge is 0.492 e. The zero-order chi connectivity index (χ0) is 12.9. The molecule has 0 unspecified atom stereocenters. The summed E-state index contributed by atoms with van der Waals surface area (Å²) in [6, 6.07) is 6.59. The summed E-state index contributed by atoms with van der Waals surface area (Å²) in [7, 11) is -3.67. The quantitative estimate of drug-likeness (QED) is 0.361. The molecule has 6 N–H and O–H groups in total. The molecule has 7 nitrogen and oxygen atoms in total. The maximum Gasteiger partial charge on any atom is 0.259 e. The first-order valence-corrected chi connectivity index (χ1v) is 6.32. The van der Waals surface area contributed by atoms with Gasteiger partial charge in [-0.15, -0.1) is 4.40 Å². The lowest BCUT2D eigenvalue weighted by Crippen LogP contribution is -2.25. The number of anilines is 1. The van der Waals surface area contributed by atoms with Gasteiger partial charge < -0.3 is 21.9 Å². The molecule has 0 aliphatic carbocycles. The number of guanidine groups is 1. The maximum atomic E-state index is 11.2. The summed E-state index contributed by atoms with van der Waals surface area (Å²) in [5.41, 5.74) is 16.0. The lowest BCUT2D eigenvalue weighted by molar-refractivity contribution is 0.341. The van der Waals surface area contributed by atoms with Crippen molar-refractivity contribution in [2.45, 2.75) is 0 Å². The number of hydrogen-bond donors (Lipinski definition) is 3. The lowest BCUT2D eigenvalue weighted by atomic mass is 10.3. The summed E-state index contributed by atoms with van der Waals surface area (Å²) in [5.74, 6) is -0.258. The second-order valence-corrected chi connectivity index (χ2v) is 4.97. The average Bonchev–Trinajstić information content (AvgIpc) is 2.18. The first kappa shape index (κ1) is 13.1. The number of nitrogen functional groups attached to an aromatic ring is 1. The van der Waals surface area contributed by atoms with Crippen LogP contribution in [-0.4, -0.2) is 26.7 Å². The average molecular weight is 258 g/mol. The first-order valence-electron chi connectivity index (χ1n) is 4.71. The van der Waals surface area contributed by atoms with E-state index in [0.29, 0.717) is 11.4 Å². The molecular weight excluding hydrogens is 244 g/mol. The van der Waals surface area contributed by atoms with Crippen LogP contribution in [-0.2, 0) is 10.0 Å². The molecule has 0 bridgehead atoms. The number of benzene rings is 1. The van der Waals surface area contributed by atoms with Gasteiger partial charge in [0, 0.05) is 5.69 Å². The van der Waals surface area contributed by atoms with E-state index < -0.39 is 16.0 Å². The Hall–Kier alpha value is -1.96. The molecule has 1 aromatic carbocycles. The summed E-state index contributed by atoms with van der Waals surface area (Å²) >= 11 is 0. The van der Waals surface area contributed by atoms with Crippen molar-refractivity contribution in [2.24, 2.45) is 15.9 Å². The van der Waals surface area contributed by atoms with Crippen LogP contribution in [0.25, 0.3) is 0 Å². The number of nitrogens with zero attached hydrogens (tertiary/aromatic N) is 1. The summed E-state index contributed by atoms with van der Waals surface area (Å²) in [5, 5.41) is 0. The highest BCUT2D eigenvalue weighted by molar-refractivity contribution is 7.90. The lowest BCUT2D eigenvalue weighted by Gasteiger charge is -2.05. The summed E-state index contributed by atoms with van der Waals surface area (Å²) in [6.07, 6.45) is 0. The molecule has 8 heteroatoms. The molecule has 0 spiro atoms. The van der Waals surface area contributed by atoms with E-state index in [0.717, 1.165) is 0 Å². The number of nitrogens with two attached hydrogens (primary N) is 3. The van der Waals surface area contributed by atoms with Crippen molar-refractivity contribution in [1.29, 1.82) is 0 Å². The summed E-state index contributed by atoms with van der Waals surface area (Å²) in [4.78, 5) is 0. The van der Waals surface area contributed by atoms with Crippen LogP contribution in [0.3, 0.4) is 0 Å². The molecule has 0 saturated carbocycles. The first-order chi connectivity index (χ1) is 7.89. The van der Waals surface area contributed by atoms with Crippen molar-refractivity contribution >= 4 is 21.7 Å². The number of ether oxygens (including phenoxy) is 1. The van der Waals surface area contributed by atoms with Crippen LogP contribution in [0.1, 0.15) is 0 Å². The monoisotopic (exact) mass is 258 g/mol. The number of sulfonamides is 1. The fraction of sp³-hybridized carbons (Fsp3) is 0.222. The Morgan fingerprint density at radius 2 is 1.82 bits per heavy atom. The van der Waals surface area contributed by atoms with E-state index in [1.165, 1.54) is 0 Å². The molecule has 1 aromatic rings. The predicted octanol–water partition coefficient (Wildman–Crippen LogP) is -0.749. The van der Waals surface area contributed by atoms with E-state index in [1.807, 2.05) is 0 Å². The number of hydrogen-bond acceptors (Lipinski definition) is 4. The van der Waals surface area contributed by atoms with Crippen LogP contribution in [0, 0.1) is 0 Å². The second-order valence-electron chi connectivity index (χ2n) is 3.22. The minimum Gasteiger partial charge on any atom is -0.492 e. The summed E-state index contributed by atoms with van der Waals surface area (Å²) in [6.45, 7) is -0.0387. The molecule has 0 fully saturated rings. The van der Waals surface area contributed by atoms with E-state index in [1.54, 1.807) is 24.3 Å². The third-order valence-corrected chi connectivity index (χ3v) is 2.91. The van der Waals surface area contributed by atoms with E-state index in [9.17, 15) is 8.42 Å². The van der Waals surface area contributed by atoms with Crippen molar-refractivity contribution in [3.63, 3.8) is 0 Å². The zero-order valence-corrected chi connectivity index (χ0v) is 9.85. The van der Waals surface area contributed by atoms with E-state index >= 15 is 0 Å². The van der Waals surface area contributed by atoms with Gasteiger partial charge in [-0.2, -0.15) is 0 Å². The Bertz CT molecular complexity index is 491. The molecule has 0 radical (unpaired) electrons. The van der Waals surface area contributed by atoms with Gasteiger partial charge in [-0.25, -0.2) is 8.42 Å². The minimum atomic E-state index is -3.67. The molecule has 0 aliphatic heterocycles. The number of rotatable bonds is 5. The van der Waals surface area contributed by atoms with Gasteiger partial charge in [-0.05, 0) is 24.3 Å². The normalized spacial score (nSPS) is 10.8. The van der Waals surface area contributed by atoms with E-state index in [-0.39, 0.29) is 12.4 Å². The molecule has 0 heterocycles. The van der Waals surface area contributed by atoms with Crippen LogP contribution in [0.15, 0.2) is 28.7 Å². The van der Waals surface area contributed by atoms with E-state index in [4.69, 9.17) is 21.9 Å². The fourth-order valence-electron chi connectivity index (χ4n) is 1.04. The van der Waals surface area contributed by atoms with Gasteiger partial charge in [0.05, 0.1) is 0 Å². The van der Waals surface area contributed by atoms with Crippen molar-refractivity contribution in [2.75, 3.05) is 18.1 Å². The van der Waals surface area contributed by atoms with Gasteiger partial charge in [0.15, 0.2) is 0 Å². The van der Waals surface area contributed by atoms with Crippen LogP contribution in [0.4, 0.5) is 5.69 Å². The maximum absolute atomic E-state index is 11.2. The van der Waals surface area contributed by atoms with Crippen molar-refractivity contribution in [3.05, 3.63) is 24.3 Å². The topological polar surface area (TPSA) is 134 Å². The minimum absolute atomic E-state index is 0.0387. The van der Waals surface area contributed by atoms with Crippen LogP contribution in [0.2, 0.25) is 0 Å². The molecule has 17 heavy (non-hydrogen) atoms. The third kappa shape index (κ3) is 5.07. The van der Waals surface area contributed by atoms with Crippen LogP contribution >= 0.6 is 0 Å². The molecule has 0 aliphatic rings. The molecule has 0 amide bonds. The molecular formula is C9H14N4O3S. The summed E-state index contributed by atoms with van der Waals surface area (Å²) < 4.78 is 30.8. The molecule has 0 aromatic heterocycles. The van der Waals surface area contributed by atoms with Gasteiger partial charge in [0.1, 0.15) is 18.1 Å². The van der Waals surface area contributed by atoms with Crippen molar-refractivity contribution in [3.8, 4) is 5.75 Å². The molecule has 1 rings (SSSR count). The Kier molecular flexibility index (Phi) is 4.16. The van der Waals surface area contributed by atoms with Crippen molar-refractivity contribution in [1.82, 2.24) is 0 Å². The standard InChI is InChI=1S/C9H14N4O3S/c10-7-1-3-8(4-2-7)16-5-6-17(14,15)13-9(11)12/h1-4H,5-6,10H2,(H4,11,12,13). The molecule has 0 saturated heterocycles. The Morgan fingerprint density at radius 1 is 1.24 bits per heavy atom. The van der Waals surface area contributed by atoms with Gasteiger partial charge in [0.25, 0.3) is 10.0 Å². The van der Waals surface area contributed by atoms with Crippen molar-refractivity contribution < 1.29 is 13.2 Å². The second kappa shape index (κ2) is 5.39. The highest BCUT2D eigenvalue weighted by Crippen LogP contribution is 2.12. The Labute approximate surface area is 99.3 Å². The fourth-order valence-corrected chi connectivity index (χ4v) is 1.74. The Morgan fingerprint density at radius 3 is 2.35 bits per heavy atom. The van der Waals surface area contributed by atoms with Crippen LogP contribution < -0.4 is 21.9 Å². The SMILES string of the molecule is NC(N)=NS(=O)(=O)CCOc1ccc(N)cc1. The van der Waals surface area contributed by atoms with Crippen LogP contribution in [0.5, 0.6) is 5.75 Å². The van der Waals surface area contributed by atoms with Gasteiger partial charge >= 0.3 is 0 Å². The van der Waals surface area contributed by atoms with E-state index in [2.05, 4.69) is 4.40 Å². The highest BCUT2D eigenvalue weighted by Gasteiger charge is 2.08. The van der Waals surface area contributed by atoms with Gasteiger partial charge in [0.2, 0.25) is 5.96 Å².